The zero-order chi connectivity index (χ0) is 12.2. The molecule has 98 valence electrons. The minimum atomic E-state index is 0.728. The van der Waals surface area contributed by atoms with Crippen molar-refractivity contribution in [2.75, 3.05) is 39.9 Å². The van der Waals surface area contributed by atoms with E-state index < -0.39 is 0 Å². The molecule has 0 saturated heterocycles. The molecule has 0 radical (unpaired) electrons. The van der Waals surface area contributed by atoms with Gasteiger partial charge >= 0.3 is 0 Å². The molecule has 0 aromatic rings. The van der Waals surface area contributed by atoms with Gasteiger partial charge in [0.1, 0.15) is 0 Å². The van der Waals surface area contributed by atoms with Crippen molar-refractivity contribution in [3.8, 4) is 0 Å². The Hall–Kier alpha value is -0.120. The number of nitrogens with one attached hydrogen (secondary N) is 1. The van der Waals surface area contributed by atoms with Crippen LogP contribution in [0.3, 0.4) is 0 Å². The summed E-state index contributed by atoms with van der Waals surface area (Å²) in [5.74, 6) is 0. The smallest absolute Gasteiger partial charge is 0.0587 e. The number of ether oxygens (including phenoxy) is 1. The summed E-state index contributed by atoms with van der Waals surface area (Å²) in [6.45, 7) is 12.1. The fraction of sp³-hybridized carbons (Fsp3) is 1.00. The standard InChI is InChI=1S/C13H30N2O/c1-5-13(3)15(6-2)11-8-7-9-14-10-12-16-4/h13-14H,5-12H2,1-4H3. The number of nitrogens with zero attached hydrogens (tertiary/aromatic N) is 1. The summed E-state index contributed by atoms with van der Waals surface area (Å²) in [6, 6.07) is 0.728. The van der Waals surface area contributed by atoms with E-state index in [2.05, 4.69) is 31.0 Å². The van der Waals surface area contributed by atoms with E-state index in [0.717, 1.165) is 25.7 Å². The summed E-state index contributed by atoms with van der Waals surface area (Å²) >= 11 is 0. The first-order chi connectivity index (χ1) is 7.76. The molecule has 1 N–H and O–H groups in total. The van der Waals surface area contributed by atoms with Crippen molar-refractivity contribution in [2.45, 2.75) is 46.1 Å². The highest BCUT2D eigenvalue weighted by molar-refractivity contribution is 4.64. The van der Waals surface area contributed by atoms with Gasteiger partial charge in [0.05, 0.1) is 6.61 Å². The van der Waals surface area contributed by atoms with E-state index in [1.807, 2.05) is 0 Å². The minimum absolute atomic E-state index is 0.728. The van der Waals surface area contributed by atoms with Gasteiger partial charge in [0.2, 0.25) is 0 Å². The Balaban J connectivity index is 3.34. The van der Waals surface area contributed by atoms with Crippen LogP contribution in [0.5, 0.6) is 0 Å². The van der Waals surface area contributed by atoms with Crippen molar-refractivity contribution < 1.29 is 4.74 Å². The van der Waals surface area contributed by atoms with E-state index in [4.69, 9.17) is 4.74 Å². The van der Waals surface area contributed by atoms with Crippen LogP contribution in [0.15, 0.2) is 0 Å². The molecule has 0 aromatic carbocycles. The summed E-state index contributed by atoms with van der Waals surface area (Å²) in [5.41, 5.74) is 0. The summed E-state index contributed by atoms with van der Waals surface area (Å²) in [7, 11) is 1.74. The molecule has 3 heteroatoms. The van der Waals surface area contributed by atoms with Crippen LogP contribution >= 0.6 is 0 Å². The van der Waals surface area contributed by atoms with Crippen molar-refractivity contribution in [1.29, 1.82) is 0 Å². The van der Waals surface area contributed by atoms with Gasteiger partial charge in [-0.15, -0.1) is 0 Å². The van der Waals surface area contributed by atoms with Gasteiger partial charge in [-0.1, -0.05) is 13.8 Å². The fourth-order valence-electron chi connectivity index (χ4n) is 1.81. The minimum Gasteiger partial charge on any atom is -0.383 e. The SMILES string of the molecule is CCC(C)N(CC)CCCCNCCOC. The quantitative estimate of drug-likeness (QED) is 0.550. The molecule has 0 rings (SSSR count). The van der Waals surface area contributed by atoms with Crippen LogP contribution in [0, 0.1) is 0 Å². The lowest BCUT2D eigenvalue weighted by molar-refractivity contribution is 0.197. The highest BCUT2D eigenvalue weighted by atomic mass is 16.5. The third kappa shape index (κ3) is 8.08. The van der Waals surface area contributed by atoms with Crippen molar-refractivity contribution in [2.24, 2.45) is 0 Å². The van der Waals surface area contributed by atoms with Gasteiger partial charge in [0, 0.05) is 19.7 Å². The van der Waals surface area contributed by atoms with Crippen molar-refractivity contribution in [3.63, 3.8) is 0 Å². The molecule has 1 atom stereocenters. The van der Waals surface area contributed by atoms with Gasteiger partial charge in [-0.2, -0.15) is 0 Å². The van der Waals surface area contributed by atoms with Crippen LogP contribution in [0.1, 0.15) is 40.0 Å². The van der Waals surface area contributed by atoms with Crippen LogP contribution in [-0.2, 0) is 4.74 Å². The maximum atomic E-state index is 4.98. The topological polar surface area (TPSA) is 24.5 Å². The summed E-state index contributed by atoms with van der Waals surface area (Å²) < 4.78 is 4.98. The third-order valence-corrected chi connectivity index (χ3v) is 3.15. The molecule has 0 aliphatic rings. The zero-order valence-electron chi connectivity index (χ0n) is 11.6. The Bertz CT molecular complexity index is 142. The maximum Gasteiger partial charge on any atom is 0.0587 e. The molecule has 0 aromatic heterocycles. The van der Waals surface area contributed by atoms with Gasteiger partial charge in [-0.3, -0.25) is 0 Å². The van der Waals surface area contributed by atoms with Crippen molar-refractivity contribution in [1.82, 2.24) is 10.2 Å². The molecular formula is C13H30N2O. The van der Waals surface area contributed by atoms with E-state index in [9.17, 15) is 0 Å². The largest absolute Gasteiger partial charge is 0.383 e. The third-order valence-electron chi connectivity index (χ3n) is 3.15. The highest BCUT2D eigenvalue weighted by Gasteiger charge is 2.08. The van der Waals surface area contributed by atoms with E-state index in [0.29, 0.717) is 0 Å². The van der Waals surface area contributed by atoms with Gasteiger partial charge in [-0.05, 0) is 45.8 Å². The Labute approximate surface area is 102 Å². The molecule has 0 saturated carbocycles. The van der Waals surface area contributed by atoms with E-state index in [1.54, 1.807) is 7.11 Å². The molecular weight excluding hydrogens is 200 g/mol. The summed E-state index contributed by atoms with van der Waals surface area (Å²) in [6.07, 6.45) is 3.80. The van der Waals surface area contributed by atoms with Crippen LogP contribution < -0.4 is 5.32 Å². The van der Waals surface area contributed by atoms with Crippen molar-refractivity contribution >= 4 is 0 Å². The molecule has 0 spiro atoms. The molecule has 1 unspecified atom stereocenters. The molecule has 16 heavy (non-hydrogen) atoms. The zero-order valence-corrected chi connectivity index (χ0v) is 11.6. The van der Waals surface area contributed by atoms with Gasteiger partial charge in [0.25, 0.3) is 0 Å². The number of rotatable bonds is 11. The molecule has 0 aliphatic heterocycles. The number of methoxy groups -OCH3 is 1. The molecule has 0 fully saturated rings. The normalized spacial score (nSPS) is 13.3. The second-order valence-corrected chi connectivity index (χ2v) is 4.34. The lowest BCUT2D eigenvalue weighted by atomic mass is 10.2. The van der Waals surface area contributed by atoms with Gasteiger partial charge in [0.15, 0.2) is 0 Å². The first-order valence-corrected chi connectivity index (χ1v) is 6.69. The fourth-order valence-corrected chi connectivity index (χ4v) is 1.81. The Morgan fingerprint density at radius 2 is 1.94 bits per heavy atom. The number of hydrogen-bond donors (Lipinski definition) is 1. The number of hydrogen-bond acceptors (Lipinski definition) is 3. The van der Waals surface area contributed by atoms with Crippen molar-refractivity contribution in [3.05, 3.63) is 0 Å². The molecule has 3 nitrogen and oxygen atoms in total. The molecule has 0 amide bonds. The molecule has 0 aliphatic carbocycles. The Morgan fingerprint density at radius 1 is 1.19 bits per heavy atom. The van der Waals surface area contributed by atoms with Crippen LogP contribution in [0.4, 0.5) is 0 Å². The lowest BCUT2D eigenvalue weighted by Crippen LogP contribution is -2.33. The Morgan fingerprint density at radius 3 is 2.50 bits per heavy atom. The predicted octanol–water partition coefficient (Wildman–Crippen LogP) is 2.12. The van der Waals surface area contributed by atoms with Gasteiger partial charge in [-0.25, -0.2) is 0 Å². The second kappa shape index (κ2) is 11.4. The summed E-state index contributed by atoms with van der Waals surface area (Å²) in [4.78, 5) is 2.56. The van der Waals surface area contributed by atoms with E-state index >= 15 is 0 Å². The van der Waals surface area contributed by atoms with Crippen LogP contribution in [0.2, 0.25) is 0 Å². The molecule has 0 bridgehead atoms. The van der Waals surface area contributed by atoms with Crippen LogP contribution in [-0.4, -0.2) is 50.8 Å². The van der Waals surface area contributed by atoms with E-state index in [1.165, 1.54) is 32.4 Å². The lowest BCUT2D eigenvalue weighted by Gasteiger charge is -2.26. The second-order valence-electron chi connectivity index (χ2n) is 4.34. The van der Waals surface area contributed by atoms with Gasteiger partial charge < -0.3 is 15.0 Å². The van der Waals surface area contributed by atoms with Crippen LogP contribution in [0.25, 0.3) is 0 Å². The maximum absolute atomic E-state index is 4.98. The predicted molar refractivity (Wildman–Crippen MR) is 71.0 cm³/mol. The number of unbranched alkanes of at least 4 members (excludes halogenated alkanes) is 1. The highest BCUT2D eigenvalue weighted by Crippen LogP contribution is 2.04. The van der Waals surface area contributed by atoms with E-state index in [-0.39, 0.29) is 0 Å². The molecule has 0 heterocycles. The first-order valence-electron chi connectivity index (χ1n) is 6.69. The average Bonchev–Trinajstić information content (AvgIpc) is 2.32. The Kier molecular flexibility index (Phi) is 11.3. The monoisotopic (exact) mass is 230 g/mol. The average molecular weight is 230 g/mol. The first kappa shape index (κ1) is 15.9. The summed E-state index contributed by atoms with van der Waals surface area (Å²) in [5, 5.41) is 3.38.